The summed E-state index contributed by atoms with van der Waals surface area (Å²) in [6.07, 6.45) is 0.898. The summed E-state index contributed by atoms with van der Waals surface area (Å²) in [6, 6.07) is 31.4. The van der Waals surface area contributed by atoms with Crippen molar-refractivity contribution in [1.82, 2.24) is 0 Å². The van der Waals surface area contributed by atoms with Gasteiger partial charge in [-0.3, -0.25) is 4.18 Å². The van der Waals surface area contributed by atoms with Crippen LogP contribution in [0.2, 0.25) is 0 Å². The third-order valence-corrected chi connectivity index (χ3v) is 20.5. The summed E-state index contributed by atoms with van der Waals surface area (Å²) in [5, 5.41) is -0.924. The van der Waals surface area contributed by atoms with Crippen LogP contribution in [0.1, 0.15) is 85.2 Å². The van der Waals surface area contributed by atoms with Crippen molar-refractivity contribution in [2.45, 2.75) is 120 Å². The van der Waals surface area contributed by atoms with Crippen LogP contribution in [0.4, 0.5) is 0 Å². The van der Waals surface area contributed by atoms with Crippen LogP contribution in [0.15, 0.2) is 146 Å². The monoisotopic (exact) mass is 954 g/mol. The van der Waals surface area contributed by atoms with Gasteiger partial charge < -0.3 is 0 Å². The predicted molar refractivity (Wildman–Crippen MR) is 254 cm³/mol. The van der Waals surface area contributed by atoms with Crippen molar-refractivity contribution in [3.05, 3.63) is 149 Å². The molecule has 0 atom stereocenters. The molecule has 0 heterocycles. The van der Waals surface area contributed by atoms with Crippen LogP contribution in [0, 0.1) is 27.7 Å². The van der Waals surface area contributed by atoms with Gasteiger partial charge in [0, 0.05) is 0 Å². The van der Waals surface area contributed by atoms with E-state index >= 15 is 0 Å². The first-order valence-corrected chi connectivity index (χ1v) is 25.7. The molecule has 0 N–H and O–H groups in total. The van der Waals surface area contributed by atoms with Crippen LogP contribution < -0.4 is 0 Å². The molecule has 0 saturated heterocycles. The fraction of sp³-hybridized carbons (Fsp3) is 0.348. The molecule has 0 aliphatic carbocycles. The molecular weight excluding hydrogens is 889 g/mol. The van der Waals surface area contributed by atoms with E-state index in [1.165, 1.54) is 62.4 Å². The molecule has 0 spiro atoms. The van der Waals surface area contributed by atoms with Crippen molar-refractivity contribution >= 4 is 49.5 Å². The van der Waals surface area contributed by atoms with E-state index in [4.69, 9.17) is 0 Å². The van der Waals surface area contributed by atoms with Crippen molar-refractivity contribution in [1.29, 1.82) is 0 Å². The summed E-state index contributed by atoms with van der Waals surface area (Å²) in [7, 11) is -19.4. The number of hydrogen-bond acceptors (Lipinski definition) is 11. The largest absolute Gasteiger partial charge is 0.296 e. The van der Waals surface area contributed by atoms with E-state index < -0.39 is 58.6 Å². The molecule has 346 valence electrons. The van der Waals surface area contributed by atoms with Gasteiger partial charge in [-0.25, -0.2) is 33.7 Å². The van der Waals surface area contributed by atoms with E-state index in [-0.39, 0.29) is 60.8 Å². The summed E-state index contributed by atoms with van der Waals surface area (Å²) in [4.78, 5) is 0.261. The highest BCUT2D eigenvalue weighted by Crippen LogP contribution is 2.35. The average molecular weight is 955 g/mol. The lowest BCUT2D eigenvalue weighted by Gasteiger charge is -2.25. The zero-order chi connectivity index (χ0) is 43.7. The zero-order valence-corrected chi connectivity index (χ0v) is 37.8. The highest BCUT2D eigenvalue weighted by molar-refractivity contribution is 8.10. The smallest absolute Gasteiger partial charge is 0.267 e. The van der Waals surface area contributed by atoms with Gasteiger partial charge >= 0.3 is 0 Å². The third-order valence-electron chi connectivity index (χ3n) is 8.92. The van der Waals surface area contributed by atoms with Gasteiger partial charge in [-0.2, -0.15) is 8.42 Å². The summed E-state index contributed by atoms with van der Waals surface area (Å²) >= 11 is 0. The Hall–Kier alpha value is -4.19. The Labute approximate surface area is 374 Å². The summed E-state index contributed by atoms with van der Waals surface area (Å²) in [5.41, 5.74) is 4.75. The van der Waals surface area contributed by atoms with Crippen molar-refractivity contribution in [3.63, 3.8) is 0 Å². The fourth-order valence-electron chi connectivity index (χ4n) is 5.09. The minimum atomic E-state index is -4.06. The first-order valence-electron chi connectivity index (χ1n) is 18.0. The van der Waals surface area contributed by atoms with E-state index in [0.717, 1.165) is 34.2 Å². The first kappa shape index (κ1) is 59.9. The van der Waals surface area contributed by atoms with Crippen LogP contribution in [0.5, 0.6) is 0 Å². The van der Waals surface area contributed by atoms with Gasteiger partial charge in [0.15, 0.2) is 48.5 Å². The van der Waals surface area contributed by atoms with E-state index in [1.54, 1.807) is 79.7 Å². The Morgan fingerprint density at radius 3 is 0.919 bits per heavy atom. The lowest BCUT2D eigenvalue weighted by atomic mass is 10.2. The van der Waals surface area contributed by atoms with Crippen molar-refractivity contribution in [2.75, 3.05) is 11.7 Å². The lowest BCUT2D eigenvalue weighted by molar-refractivity contribution is 0.338. The highest BCUT2D eigenvalue weighted by atomic mass is 32.3. The molecule has 0 saturated carbocycles. The Kier molecular flexibility index (Phi) is 23.2. The average Bonchev–Trinajstić information content (AvgIpc) is 3.15. The van der Waals surface area contributed by atoms with Gasteiger partial charge in [0.05, 0.1) is 31.1 Å². The minimum absolute atomic E-state index is 0. The number of aryl methyl sites for hydroxylation is 5. The maximum absolute atomic E-state index is 12.9. The summed E-state index contributed by atoms with van der Waals surface area (Å²) < 4.78 is 126. The maximum Gasteiger partial charge on any atom is 0.296 e. The van der Waals surface area contributed by atoms with Gasteiger partial charge in [-0.05, 0) is 121 Å². The van der Waals surface area contributed by atoms with E-state index in [0.29, 0.717) is 0 Å². The summed E-state index contributed by atoms with van der Waals surface area (Å²) in [5.74, 6) is 0. The standard InChI is InChI=1S/C17H20O4S2.C15H16O4S2.C10H14O3S.4CH4/c1-13-5-9-15(10-6-13)22(18,19)17(3,4)23(20,21)16-11-7-14(2)8-12-16;1-12-3-7-14(8-4-12)20(16,17)11-21(18,19)15-9-5-13(2)6-10-15;1-3-9-5-7-10(8-6-9)14(11,12)13-4-2;;;;/h5-12H,1-4H3;3-10H,11H2,1-2H3;5-8H,3-4H2,1-2H3;4*1H4. The van der Waals surface area contributed by atoms with E-state index in [2.05, 4.69) is 4.18 Å². The molecule has 0 aromatic heterocycles. The van der Waals surface area contributed by atoms with Gasteiger partial charge in [0.1, 0.15) is 0 Å². The van der Waals surface area contributed by atoms with E-state index in [1.807, 2.05) is 34.6 Å². The second kappa shape index (κ2) is 24.0. The topological polar surface area (TPSA) is 180 Å². The van der Waals surface area contributed by atoms with Gasteiger partial charge in [-0.1, -0.05) is 120 Å². The Balaban J connectivity index is 0. The zero-order valence-electron chi connectivity index (χ0n) is 33.7. The quantitative estimate of drug-likeness (QED) is 0.109. The predicted octanol–water partition coefficient (Wildman–Crippen LogP) is 10.3. The lowest BCUT2D eigenvalue weighted by Crippen LogP contribution is -2.40. The Bertz CT molecular complexity index is 2560. The highest BCUT2D eigenvalue weighted by Gasteiger charge is 2.48. The molecule has 0 radical (unpaired) electrons. The van der Waals surface area contributed by atoms with E-state index in [9.17, 15) is 42.1 Å². The third kappa shape index (κ3) is 15.0. The second-order valence-corrected chi connectivity index (χ2v) is 25.1. The van der Waals surface area contributed by atoms with Gasteiger partial charge in [0.2, 0.25) is 0 Å². The van der Waals surface area contributed by atoms with Gasteiger partial charge in [0.25, 0.3) is 10.1 Å². The normalized spacial score (nSPS) is 11.6. The molecule has 0 aliphatic heterocycles. The molecular formula is C46H66O11S5. The fourth-order valence-corrected chi connectivity index (χ4v) is 13.7. The minimum Gasteiger partial charge on any atom is -0.267 e. The molecule has 11 nitrogen and oxygen atoms in total. The van der Waals surface area contributed by atoms with Crippen LogP contribution in [-0.2, 0) is 60.1 Å². The molecule has 0 bridgehead atoms. The van der Waals surface area contributed by atoms with Crippen LogP contribution in [-0.4, -0.2) is 57.9 Å². The Morgan fingerprint density at radius 2 is 0.661 bits per heavy atom. The maximum atomic E-state index is 12.9. The number of benzene rings is 5. The molecule has 62 heavy (non-hydrogen) atoms. The van der Waals surface area contributed by atoms with Crippen LogP contribution in [0.25, 0.3) is 0 Å². The van der Waals surface area contributed by atoms with Crippen LogP contribution >= 0.6 is 0 Å². The molecule has 0 aliphatic rings. The number of sulfone groups is 4. The molecule has 5 aromatic carbocycles. The second-order valence-electron chi connectivity index (χ2n) is 13.9. The van der Waals surface area contributed by atoms with Crippen LogP contribution in [0.3, 0.4) is 0 Å². The summed E-state index contributed by atoms with van der Waals surface area (Å²) in [6.45, 7) is 13.6. The SMILES string of the molecule is C.C.C.C.CCOS(=O)(=O)c1ccc(CC)cc1.Cc1ccc(S(=O)(=O)C(C)(C)S(=O)(=O)c2ccc(C)cc2)cc1.Cc1ccc(S(=O)(=O)CS(=O)(=O)c2ccc(C)cc2)cc1. The molecule has 0 amide bonds. The van der Waals surface area contributed by atoms with Crippen molar-refractivity contribution in [2.24, 2.45) is 0 Å². The number of rotatable bonds is 12. The molecule has 5 rings (SSSR count). The van der Waals surface area contributed by atoms with Crippen molar-refractivity contribution in [3.8, 4) is 0 Å². The van der Waals surface area contributed by atoms with Gasteiger partial charge in [-0.15, -0.1) is 0 Å². The first-order chi connectivity index (χ1) is 26.8. The van der Waals surface area contributed by atoms with Crippen molar-refractivity contribution < 1.29 is 46.3 Å². The number of hydrogen-bond donors (Lipinski definition) is 0. The molecule has 5 aromatic rings. The molecule has 0 fully saturated rings. The molecule has 16 heteroatoms. The molecule has 0 unspecified atom stereocenters. The Morgan fingerprint density at radius 1 is 0.403 bits per heavy atom.